The van der Waals surface area contributed by atoms with Crippen molar-refractivity contribution < 1.29 is 9.90 Å². The summed E-state index contributed by atoms with van der Waals surface area (Å²) in [6.07, 6.45) is 5.64. The molecule has 116 valence electrons. The van der Waals surface area contributed by atoms with Crippen LogP contribution in [0.15, 0.2) is 54.6 Å². The van der Waals surface area contributed by atoms with Gasteiger partial charge in [0, 0.05) is 11.6 Å². The number of aromatic carboxylic acids is 1. The van der Waals surface area contributed by atoms with Crippen molar-refractivity contribution in [2.75, 3.05) is 5.32 Å². The van der Waals surface area contributed by atoms with Crippen LogP contribution in [-0.2, 0) is 0 Å². The summed E-state index contributed by atoms with van der Waals surface area (Å²) in [6.45, 7) is 2.13. The standard InChI is InChI=1S/C20H19NO2/c1-12-4-2-6-16-15-5-3-7-17(15)19(21-18(12)16)13-8-10-14(11-9-13)20(22)23/h2-6,8-11,15,17,19,21H,7H2,1H3,(H,22,23)/t15?,17?,19-/m1/s1. The van der Waals surface area contributed by atoms with E-state index in [0.29, 0.717) is 17.4 Å². The van der Waals surface area contributed by atoms with Gasteiger partial charge in [0.05, 0.1) is 11.6 Å². The predicted molar refractivity (Wildman–Crippen MR) is 90.9 cm³/mol. The lowest BCUT2D eigenvalue weighted by Crippen LogP contribution is -2.29. The highest BCUT2D eigenvalue weighted by atomic mass is 16.4. The molecule has 4 rings (SSSR count). The third kappa shape index (κ3) is 2.24. The molecular formula is C20H19NO2. The first-order valence-electron chi connectivity index (χ1n) is 8.01. The molecule has 3 atom stereocenters. The second-order valence-electron chi connectivity index (χ2n) is 6.44. The van der Waals surface area contributed by atoms with Crippen LogP contribution in [0.5, 0.6) is 0 Å². The minimum Gasteiger partial charge on any atom is -0.478 e. The Balaban J connectivity index is 1.75. The highest BCUT2D eigenvalue weighted by Crippen LogP contribution is 2.50. The van der Waals surface area contributed by atoms with Gasteiger partial charge in [-0.15, -0.1) is 0 Å². The Kier molecular flexibility index (Phi) is 3.22. The number of allylic oxidation sites excluding steroid dienone is 2. The second-order valence-corrected chi connectivity index (χ2v) is 6.44. The van der Waals surface area contributed by atoms with E-state index in [-0.39, 0.29) is 6.04 Å². The van der Waals surface area contributed by atoms with Crippen molar-refractivity contribution in [1.29, 1.82) is 0 Å². The van der Waals surface area contributed by atoms with Crippen LogP contribution in [0.1, 0.15) is 45.4 Å². The number of para-hydroxylation sites is 1. The molecule has 0 amide bonds. The molecule has 0 aromatic heterocycles. The number of carboxylic acid groups (broad SMARTS) is 1. The van der Waals surface area contributed by atoms with Crippen LogP contribution >= 0.6 is 0 Å². The highest BCUT2D eigenvalue weighted by Gasteiger charge is 2.38. The number of fused-ring (bicyclic) bond motifs is 3. The van der Waals surface area contributed by atoms with E-state index in [2.05, 4.69) is 42.6 Å². The Hall–Kier alpha value is -2.55. The van der Waals surface area contributed by atoms with Gasteiger partial charge in [-0.1, -0.05) is 42.5 Å². The summed E-state index contributed by atoms with van der Waals surface area (Å²) in [5.74, 6) is 0.0463. The van der Waals surface area contributed by atoms with Crippen LogP contribution in [0.2, 0.25) is 0 Å². The SMILES string of the molecule is Cc1cccc2c1N[C@H](c1ccc(C(=O)O)cc1)C1CC=CC21. The van der Waals surface area contributed by atoms with E-state index in [1.165, 1.54) is 16.8 Å². The second kappa shape index (κ2) is 5.27. The van der Waals surface area contributed by atoms with E-state index < -0.39 is 5.97 Å². The van der Waals surface area contributed by atoms with Crippen molar-refractivity contribution in [2.24, 2.45) is 5.92 Å². The van der Waals surface area contributed by atoms with Gasteiger partial charge in [-0.05, 0) is 48.1 Å². The van der Waals surface area contributed by atoms with Crippen LogP contribution in [0.3, 0.4) is 0 Å². The number of rotatable bonds is 2. The summed E-state index contributed by atoms with van der Waals surface area (Å²) in [5.41, 5.74) is 5.35. The average molecular weight is 305 g/mol. The lowest BCUT2D eigenvalue weighted by Gasteiger charge is -2.38. The minimum absolute atomic E-state index is 0.214. The zero-order chi connectivity index (χ0) is 16.0. The Morgan fingerprint density at radius 2 is 1.96 bits per heavy atom. The maximum absolute atomic E-state index is 11.1. The van der Waals surface area contributed by atoms with Gasteiger partial charge in [-0.25, -0.2) is 4.79 Å². The zero-order valence-electron chi connectivity index (χ0n) is 13.0. The smallest absolute Gasteiger partial charge is 0.335 e. The normalized spacial score (nSPS) is 24.7. The predicted octanol–water partition coefficient (Wildman–Crippen LogP) is 4.52. The molecule has 1 aliphatic heterocycles. The molecule has 0 fully saturated rings. The molecule has 2 aromatic rings. The maximum Gasteiger partial charge on any atom is 0.335 e. The van der Waals surface area contributed by atoms with E-state index in [4.69, 9.17) is 5.11 Å². The molecule has 2 aliphatic rings. The van der Waals surface area contributed by atoms with Crippen LogP contribution in [0.25, 0.3) is 0 Å². The molecule has 0 saturated carbocycles. The monoisotopic (exact) mass is 305 g/mol. The molecule has 23 heavy (non-hydrogen) atoms. The van der Waals surface area contributed by atoms with Gasteiger partial charge < -0.3 is 10.4 Å². The van der Waals surface area contributed by atoms with Crippen molar-refractivity contribution in [1.82, 2.24) is 0 Å². The summed E-state index contributed by atoms with van der Waals surface area (Å²) in [6, 6.07) is 14.0. The first-order valence-corrected chi connectivity index (χ1v) is 8.01. The molecule has 3 heteroatoms. The van der Waals surface area contributed by atoms with Crippen LogP contribution < -0.4 is 5.32 Å². The zero-order valence-corrected chi connectivity index (χ0v) is 13.0. The summed E-state index contributed by atoms with van der Waals surface area (Å²) >= 11 is 0. The Bertz CT molecular complexity index is 792. The maximum atomic E-state index is 11.1. The summed E-state index contributed by atoms with van der Waals surface area (Å²) in [5, 5.41) is 12.8. The molecule has 0 spiro atoms. The van der Waals surface area contributed by atoms with Gasteiger partial charge in [0.2, 0.25) is 0 Å². The number of aryl methyl sites for hydroxylation is 1. The van der Waals surface area contributed by atoms with Gasteiger partial charge >= 0.3 is 5.97 Å². The lowest BCUT2D eigenvalue weighted by atomic mass is 9.76. The Morgan fingerprint density at radius 1 is 1.17 bits per heavy atom. The average Bonchev–Trinajstić information content (AvgIpc) is 3.04. The molecule has 2 aromatic carbocycles. The fourth-order valence-corrected chi connectivity index (χ4v) is 3.94. The third-order valence-electron chi connectivity index (χ3n) is 5.12. The van der Waals surface area contributed by atoms with Crippen molar-refractivity contribution in [3.05, 3.63) is 76.9 Å². The molecule has 0 bridgehead atoms. The van der Waals surface area contributed by atoms with Crippen molar-refractivity contribution >= 4 is 11.7 Å². The fourth-order valence-electron chi connectivity index (χ4n) is 3.94. The minimum atomic E-state index is -0.880. The Morgan fingerprint density at radius 3 is 2.70 bits per heavy atom. The van der Waals surface area contributed by atoms with Crippen molar-refractivity contribution in [3.63, 3.8) is 0 Å². The number of benzene rings is 2. The number of hydrogen-bond donors (Lipinski definition) is 2. The van der Waals surface area contributed by atoms with Gasteiger partial charge in [-0.3, -0.25) is 0 Å². The van der Waals surface area contributed by atoms with Crippen LogP contribution in [-0.4, -0.2) is 11.1 Å². The number of nitrogens with one attached hydrogen (secondary N) is 1. The molecule has 0 saturated heterocycles. The van der Waals surface area contributed by atoms with E-state index in [9.17, 15) is 4.79 Å². The van der Waals surface area contributed by atoms with E-state index in [0.717, 1.165) is 12.0 Å². The first kappa shape index (κ1) is 14.1. The van der Waals surface area contributed by atoms with Gasteiger partial charge in [-0.2, -0.15) is 0 Å². The molecule has 2 N–H and O–H groups in total. The van der Waals surface area contributed by atoms with Gasteiger partial charge in [0.1, 0.15) is 0 Å². The Labute approximate surface area is 135 Å². The van der Waals surface area contributed by atoms with E-state index in [1.807, 2.05) is 12.1 Å². The van der Waals surface area contributed by atoms with Gasteiger partial charge in [0.15, 0.2) is 0 Å². The molecule has 1 aliphatic carbocycles. The molecule has 1 heterocycles. The number of carbonyl (C=O) groups is 1. The number of hydrogen-bond acceptors (Lipinski definition) is 2. The van der Waals surface area contributed by atoms with E-state index >= 15 is 0 Å². The fraction of sp³-hybridized carbons (Fsp3) is 0.250. The quantitative estimate of drug-likeness (QED) is 0.802. The first-order chi connectivity index (χ1) is 11.1. The van der Waals surface area contributed by atoms with Crippen molar-refractivity contribution in [2.45, 2.75) is 25.3 Å². The molecule has 2 unspecified atom stereocenters. The van der Waals surface area contributed by atoms with Crippen LogP contribution in [0.4, 0.5) is 5.69 Å². The molecule has 3 nitrogen and oxygen atoms in total. The van der Waals surface area contributed by atoms with E-state index in [1.54, 1.807) is 12.1 Å². The van der Waals surface area contributed by atoms with Gasteiger partial charge in [0.25, 0.3) is 0 Å². The van der Waals surface area contributed by atoms with Crippen molar-refractivity contribution in [3.8, 4) is 0 Å². The lowest BCUT2D eigenvalue weighted by molar-refractivity contribution is 0.0697. The largest absolute Gasteiger partial charge is 0.478 e. The molecule has 0 radical (unpaired) electrons. The topological polar surface area (TPSA) is 49.3 Å². The number of anilines is 1. The summed E-state index contributed by atoms with van der Waals surface area (Å²) < 4.78 is 0. The highest BCUT2D eigenvalue weighted by molar-refractivity contribution is 5.87. The number of carboxylic acids is 1. The third-order valence-corrected chi connectivity index (χ3v) is 5.12. The summed E-state index contributed by atoms with van der Waals surface area (Å²) in [4.78, 5) is 11.1. The summed E-state index contributed by atoms with van der Waals surface area (Å²) in [7, 11) is 0. The van der Waals surface area contributed by atoms with Crippen LogP contribution in [0, 0.1) is 12.8 Å². The molecular weight excluding hydrogens is 286 g/mol.